The molecular weight excluding hydrogens is 160 g/mol. The molecule has 3 atom stereocenters. The van der Waals surface area contributed by atoms with E-state index in [0.29, 0.717) is 6.10 Å². The van der Waals surface area contributed by atoms with Crippen LogP contribution in [0.15, 0.2) is 12.8 Å². The zero-order valence-electron chi connectivity index (χ0n) is 9.12. The molecule has 76 valence electrons. The van der Waals surface area contributed by atoms with Crippen LogP contribution in [0.5, 0.6) is 0 Å². The standard InChI is InChI=1S/C12H22O/c1-5-13-12-8-10(4)6-7-11(12)9(2)3/h5,9-12H,1,6-8H2,2-4H3. The Bertz CT molecular complexity index is 163. The summed E-state index contributed by atoms with van der Waals surface area (Å²) in [5.41, 5.74) is 0. The normalized spacial score (nSPS) is 34.6. The second-order valence-corrected chi connectivity index (χ2v) is 4.67. The Morgan fingerprint density at radius 3 is 2.62 bits per heavy atom. The molecular formula is C12H22O. The van der Waals surface area contributed by atoms with E-state index in [2.05, 4.69) is 27.4 Å². The summed E-state index contributed by atoms with van der Waals surface area (Å²) in [6.07, 6.45) is 5.91. The van der Waals surface area contributed by atoms with E-state index in [0.717, 1.165) is 17.8 Å². The Kier molecular flexibility index (Phi) is 3.83. The van der Waals surface area contributed by atoms with Crippen LogP contribution >= 0.6 is 0 Å². The van der Waals surface area contributed by atoms with Gasteiger partial charge in [0.05, 0.1) is 6.26 Å². The largest absolute Gasteiger partial charge is 0.498 e. The lowest BCUT2D eigenvalue weighted by Gasteiger charge is -2.36. The van der Waals surface area contributed by atoms with E-state index >= 15 is 0 Å². The number of hydrogen-bond acceptors (Lipinski definition) is 1. The molecule has 1 rings (SSSR count). The van der Waals surface area contributed by atoms with E-state index < -0.39 is 0 Å². The highest BCUT2D eigenvalue weighted by molar-refractivity contribution is 4.82. The lowest BCUT2D eigenvalue weighted by Crippen LogP contribution is -2.33. The van der Waals surface area contributed by atoms with Gasteiger partial charge in [0, 0.05) is 0 Å². The van der Waals surface area contributed by atoms with E-state index in [1.807, 2.05) is 0 Å². The summed E-state index contributed by atoms with van der Waals surface area (Å²) in [5, 5.41) is 0. The van der Waals surface area contributed by atoms with Crippen molar-refractivity contribution in [1.82, 2.24) is 0 Å². The molecule has 1 saturated carbocycles. The number of rotatable bonds is 3. The molecule has 0 saturated heterocycles. The maximum absolute atomic E-state index is 5.59. The van der Waals surface area contributed by atoms with Crippen molar-refractivity contribution in [2.75, 3.05) is 0 Å². The quantitative estimate of drug-likeness (QED) is 0.606. The molecule has 0 aromatic heterocycles. The average molecular weight is 182 g/mol. The minimum Gasteiger partial charge on any atom is -0.498 e. The Labute approximate surface area is 82.2 Å². The second-order valence-electron chi connectivity index (χ2n) is 4.67. The summed E-state index contributed by atoms with van der Waals surface area (Å²) in [5.74, 6) is 2.28. The van der Waals surface area contributed by atoms with Crippen molar-refractivity contribution in [3.8, 4) is 0 Å². The predicted molar refractivity (Wildman–Crippen MR) is 56.4 cm³/mol. The van der Waals surface area contributed by atoms with Crippen LogP contribution in [0.4, 0.5) is 0 Å². The molecule has 1 heteroatoms. The topological polar surface area (TPSA) is 9.23 Å². The van der Waals surface area contributed by atoms with Gasteiger partial charge < -0.3 is 4.74 Å². The second kappa shape index (κ2) is 4.69. The van der Waals surface area contributed by atoms with Crippen molar-refractivity contribution in [2.45, 2.75) is 46.1 Å². The first kappa shape index (κ1) is 10.6. The van der Waals surface area contributed by atoms with Crippen LogP contribution < -0.4 is 0 Å². The highest BCUT2D eigenvalue weighted by atomic mass is 16.5. The van der Waals surface area contributed by atoms with Gasteiger partial charge in [0.15, 0.2) is 0 Å². The zero-order valence-corrected chi connectivity index (χ0v) is 9.12. The minimum atomic E-state index is 0.418. The molecule has 0 radical (unpaired) electrons. The first-order chi connectivity index (χ1) is 6.15. The molecule has 0 bridgehead atoms. The molecule has 0 aromatic carbocycles. The third-order valence-electron chi connectivity index (χ3n) is 3.23. The highest BCUT2D eigenvalue weighted by Gasteiger charge is 2.31. The summed E-state index contributed by atoms with van der Waals surface area (Å²) in [4.78, 5) is 0. The summed E-state index contributed by atoms with van der Waals surface area (Å²) in [7, 11) is 0. The molecule has 0 spiro atoms. The van der Waals surface area contributed by atoms with E-state index in [1.54, 1.807) is 6.26 Å². The first-order valence-electron chi connectivity index (χ1n) is 5.41. The van der Waals surface area contributed by atoms with E-state index in [9.17, 15) is 0 Å². The maximum atomic E-state index is 5.59. The van der Waals surface area contributed by atoms with E-state index in [1.165, 1.54) is 19.3 Å². The van der Waals surface area contributed by atoms with Gasteiger partial charge in [0.1, 0.15) is 6.10 Å². The fourth-order valence-corrected chi connectivity index (χ4v) is 2.39. The van der Waals surface area contributed by atoms with Crippen LogP contribution in [0.1, 0.15) is 40.0 Å². The Morgan fingerprint density at radius 2 is 2.08 bits per heavy atom. The molecule has 1 fully saturated rings. The van der Waals surface area contributed by atoms with Gasteiger partial charge in [-0.1, -0.05) is 33.8 Å². The lowest BCUT2D eigenvalue weighted by atomic mass is 9.75. The van der Waals surface area contributed by atoms with Crippen LogP contribution in [0, 0.1) is 17.8 Å². The van der Waals surface area contributed by atoms with Crippen molar-refractivity contribution < 1.29 is 4.74 Å². The molecule has 0 heterocycles. The van der Waals surface area contributed by atoms with Crippen LogP contribution in [0.25, 0.3) is 0 Å². The van der Waals surface area contributed by atoms with E-state index in [-0.39, 0.29) is 0 Å². The van der Waals surface area contributed by atoms with Gasteiger partial charge in [-0.05, 0) is 30.6 Å². The average Bonchev–Trinajstić information content (AvgIpc) is 2.04. The Morgan fingerprint density at radius 1 is 1.38 bits per heavy atom. The van der Waals surface area contributed by atoms with Gasteiger partial charge in [-0.2, -0.15) is 0 Å². The van der Waals surface area contributed by atoms with Crippen molar-refractivity contribution in [3.63, 3.8) is 0 Å². The van der Waals surface area contributed by atoms with Gasteiger partial charge in [-0.15, -0.1) is 0 Å². The van der Waals surface area contributed by atoms with Gasteiger partial charge in [0.2, 0.25) is 0 Å². The molecule has 1 aliphatic rings. The monoisotopic (exact) mass is 182 g/mol. The smallest absolute Gasteiger partial charge is 0.101 e. The summed E-state index contributed by atoms with van der Waals surface area (Å²) in [6, 6.07) is 0. The Hall–Kier alpha value is -0.460. The third-order valence-corrected chi connectivity index (χ3v) is 3.23. The summed E-state index contributed by atoms with van der Waals surface area (Å²) >= 11 is 0. The molecule has 0 aliphatic heterocycles. The molecule has 1 aliphatic carbocycles. The van der Waals surface area contributed by atoms with Gasteiger partial charge in [0.25, 0.3) is 0 Å². The summed E-state index contributed by atoms with van der Waals surface area (Å²) in [6.45, 7) is 10.6. The van der Waals surface area contributed by atoms with Crippen LogP contribution in [0.2, 0.25) is 0 Å². The highest BCUT2D eigenvalue weighted by Crippen LogP contribution is 2.35. The van der Waals surface area contributed by atoms with Crippen molar-refractivity contribution in [1.29, 1.82) is 0 Å². The number of ether oxygens (including phenoxy) is 1. The van der Waals surface area contributed by atoms with E-state index in [4.69, 9.17) is 4.74 Å². The molecule has 3 unspecified atom stereocenters. The van der Waals surface area contributed by atoms with Gasteiger partial charge in [-0.3, -0.25) is 0 Å². The summed E-state index contributed by atoms with van der Waals surface area (Å²) < 4.78 is 5.59. The minimum absolute atomic E-state index is 0.418. The SMILES string of the molecule is C=COC1CC(C)CCC1C(C)C. The molecule has 0 aromatic rings. The van der Waals surface area contributed by atoms with Crippen LogP contribution in [0.3, 0.4) is 0 Å². The van der Waals surface area contributed by atoms with Crippen LogP contribution in [-0.4, -0.2) is 6.10 Å². The van der Waals surface area contributed by atoms with Crippen molar-refractivity contribution >= 4 is 0 Å². The van der Waals surface area contributed by atoms with Gasteiger partial charge >= 0.3 is 0 Å². The lowest BCUT2D eigenvalue weighted by molar-refractivity contribution is 0.0140. The third kappa shape index (κ3) is 2.75. The number of hydrogen-bond donors (Lipinski definition) is 0. The fourth-order valence-electron chi connectivity index (χ4n) is 2.39. The predicted octanol–water partition coefficient (Wildman–Crippen LogP) is 3.61. The molecule has 0 amide bonds. The van der Waals surface area contributed by atoms with Crippen LogP contribution in [-0.2, 0) is 4.74 Å². The maximum Gasteiger partial charge on any atom is 0.101 e. The Balaban J connectivity index is 2.54. The fraction of sp³-hybridized carbons (Fsp3) is 0.833. The van der Waals surface area contributed by atoms with Gasteiger partial charge in [-0.25, -0.2) is 0 Å². The molecule has 1 nitrogen and oxygen atoms in total. The first-order valence-corrected chi connectivity index (χ1v) is 5.41. The van der Waals surface area contributed by atoms with Crippen molar-refractivity contribution in [2.24, 2.45) is 17.8 Å². The zero-order chi connectivity index (χ0) is 9.84. The molecule has 0 N–H and O–H groups in total. The molecule has 13 heavy (non-hydrogen) atoms. The van der Waals surface area contributed by atoms with Crippen molar-refractivity contribution in [3.05, 3.63) is 12.8 Å².